The van der Waals surface area contributed by atoms with Crippen LogP contribution in [-0.4, -0.2) is 56.6 Å². The van der Waals surface area contributed by atoms with Gasteiger partial charge >= 0.3 is 0 Å². The fourth-order valence-corrected chi connectivity index (χ4v) is 6.74. The molecule has 0 unspecified atom stereocenters. The molecule has 236 valence electrons. The molecule has 0 N–H and O–H groups in total. The van der Waals surface area contributed by atoms with Gasteiger partial charge in [0.25, 0.3) is 0 Å². The quantitative estimate of drug-likeness (QED) is 0.133. The van der Waals surface area contributed by atoms with E-state index in [1.165, 1.54) is 11.1 Å². The molecule has 3 rings (SSSR count). The van der Waals surface area contributed by atoms with Crippen molar-refractivity contribution in [1.29, 1.82) is 0 Å². The Morgan fingerprint density at radius 3 is 1.83 bits per heavy atom. The monoisotopic (exact) mass is 600 g/mol. The van der Waals surface area contributed by atoms with Gasteiger partial charge in [-0.3, -0.25) is 0 Å². The van der Waals surface area contributed by atoms with E-state index in [4.69, 9.17) is 23.7 Å². The van der Waals surface area contributed by atoms with Gasteiger partial charge in [-0.2, -0.15) is 0 Å². The average molecular weight is 601 g/mol. The molecular weight excluding hydrogens is 544 g/mol. The molecule has 1 saturated heterocycles. The van der Waals surface area contributed by atoms with E-state index >= 15 is 0 Å². The Hall–Kier alpha value is -1.57. The number of aryl methyl sites for hydroxylation is 1. The van der Waals surface area contributed by atoms with E-state index in [1.54, 1.807) is 0 Å². The third-order valence-corrected chi connectivity index (χ3v) is 9.32. The maximum atomic E-state index is 6.74. The molecule has 5 atom stereocenters. The van der Waals surface area contributed by atoms with Crippen LogP contribution in [0.3, 0.4) is 0 Å². The van der Waals surface area contributed by atoms with E-state index in [0.29, 0.717) is 19.8 Å². The van der Waals surface area contributed by atoms with Gasteiger partial charge in [-0.15, -0.1) is 11.8 Å². The highest BCUT2D eigenvalue weighted by molar-refractivity contribution is 8.00. The lowest BCUT2D eigenvalue weighted by Crippen LogP contribution is -2.55. The average Bonchev–Trinajstić information content (AvgIpc) is 3.01. The molecular formula is C36H56O5S. The number of thioether (sulfide) groups is 1. The van der Waals surface area contributed by atoms with Crippen molar-refractivity contribution in [3.8, 4) is 11.5 Å². The van der Waals surface area contributed by atoms with Crippen molar-refractivity contribution < 1.29 is 23.7 Å². The Balaban J connectivity index is 1.93. The first-order chi connectivity index (χ1) is 20.6. The van der Waals surface area contributed by atoms with Gasteiger partial charge in [0.2, 0.25) is 0 Å². The molecule has 2 aromatic rings. The molecule has 6 heteroatoms. The second-order valence-electron chi connectivity index (χ2n) is 11.3. The number of hydrogen-bond donors (Lipinski definition) is 0. The minimum Gasteiger partial charge on any atom is -0.457 e. The summed E-state index contributed by atoms with van der Waals surface area (Å²) in [6, 6.07) is 16.9. The molecule has 1 heterocycles. The number of benzene rings is 2. The van der Waals surface area contributed by atoms with Gasteiger partial charge in [0.15, 0.2) is 0 Å². The Bertz CT molecular complexity index is 968. The molecule has 42 heavy (non-hydrogen) atoms. The third kappa shape index (κ3) is 11.2. The predicted octanol–water partition coefficient (Wildman–Crippen LogP) is 9.57. The van der Waals surface area contributed by atoms with E-state index in [2.05, 4.69) is 77.1 Å². The molecule has 1 aliphatic rings. The van der Waals surface area contributed by atoms with Crippen LogP contribution in [0.25, 0.3) is 0 Å². The SMILES string of the molecule is CCCCOC[C@H]1S[C@@H](c2cccc(Oc3ccc(CC)cc3)c2)[C@H](OCCCC)[C@@H](OCCCC)[C@@H]1OCCCC. The molecule has 1 fully saturated rings. The first-order valence-electron chi connectivity index (χ1n) is 16.6. The molecule has 0 spiro atoms. The van der Waals surface area contributed by atoms with Gasteiger partial charge in [-0.1, -0.05) is 84.6 Å². The Labute approximate surface area is 260 Å². The molecule has 0 aromatic heterocycles. The van der Waals surface area contributed by atoms with E-state index < -0.39 is 0 Å². The molecule has 0 radical (unpaired) electrons. The van der Waals surface area contributed by atoms with Crippen molar-refractivity contribution in [3.63, 3.8) is 0 Å². The Morgan fingerprint density at radius 1 is 0.619 bits per heavy atom. The van der Waals surface area contributed by atoms with Crippen molar-refractivity contribution in [2.45, 2.75) is 121 Å². The zero-order valence-electron chi connectivity index (χ0n) is 26.9. The second kappa shape index (κ2) is 20.4. The summed E-state index contributed by atoms with van der Waals surface area (Å²) in [4.78, 5) is 0. The summed E-state index contributed by atoms with van der Waals surface area (Å²) in [7, 11) is 0. The second-order valence-corrected chi connectivity index (χ2v) is 12.6. The van der Waals surface area contributed by atoms with Gasteiger partial charge in [-0.25, -0.2) is 0 Å². The minimum absolute atomic E-state index is 0.0744. The lowest BCUT2D eigenvalue weighted by atomic mass is 9.96. The van der Waals surface area contributed by atoms with Gasteiger partial charge < -0.3 is 23.7 Å². The Morgan fingerprint density at radius 2 is 1.21 bits per heavy atom. The van der Waals surface area contributed by atoms with Crippen molar-refractivity contribution in [2.75, 3.05) is 33.0 Å². The van der Waals surface area contributed by atoms with E-state index in [1.807, 2.05) is 17.8 Å². The van der Waals surface area contributed by atoms with Gasteiger partial charge in [0, 0.05) is 26.4 Å². The number of rotatable bonds is 21. The molecule has 0 bridgehead atoms. The smallest absolute Gasteiger partial charge is 0.127 e. The molecule has 0 aliphatic carbocycles. The summed E-state index contributed by atoms with van der Waals surface area (Å²) in [6.07, 6.45) is 9.21. The lowest BCUT2D eigenvalue weighted by Gasteiger charge is -2.46. The van der Waals surface area contributed by atoms with Crippen LogP contribution in [0.1, 0.15) is 102 Å². The molecule has 5 nitrogen and oxygen atoms in total. The highest BCUT2D eigenvalue weighted by Crippen LogP contribution is 2.47. The lowest BCUT2D eigenvalue weighted by molar-refractivity contribution is -0.149. The summed E-state index contributed by atoms with van der Waals surface area (Å²) in [5, 5.41) is 0.220. The largest absolute Gasteiger partial charge is 0.457 e. The first kappa shape index (κ1) is 34.9. The third-order valence-electron chi connectivity index (χ3n) is 7.74. The zero-order chi connectivity index (χ0) is 30.0. The fraction of sp³-hybridized carbons (Fsp3) is 0.667. The fourth-order valence-electron chi connectivity index (χ4n) is 5.11. The summed E-state index contributed by atoms with van der Waals surface area (Å²) in [5.41, 5.74) is 2.50. The summed E-state index contributed by atoms with van der Waals surface area (Å²) in [5.74, 6) is 1.69. The summed E-state index contributed by atoms with van der Waals surface area (Å²) >= 11 is 1.93. The van der Waals surface area contributed by atoms with Crippen LogP contribution in [0.5, 0.6) is 11.5 Å². The van der Waals surface area contributed by atoms with Crippen molar-refractivity contribution in [2.24, 2.45) is 0 Å². The van der Waals surface area contributed by atoms with Crippen LogP contribution >= 0.6 is 11.8 Å². The van der Waals surface area contributed by atoms with E-state index in [9.17, 15) is 0 Å². The van der Waals surface area contributed by atoms with Gasteiger partial charge in [0.05, 0.1) is 17.1 Å². The predicted molar refractivity (Wildman–Crippen MR) is 176 cm³/mol. The highest BCUT2D eigenvalue weighted by atomic mass is 32.2. The van der Waals surface area contributed by atoms with Crippen LogP contribution in [-0.2, 0) is 25.4 Å². The highest BCUT2D eigenvalue weighted by Gasteiger charge is 2.48. The summed E-state index contributed by atoms with van der Waals surface area (Å²) < 4.78 is 32.7. The van der Waals surface area contributed by atoms with Crippen LogP contribution in [0, 0.1) is 0 Å². The first-order valence-corrected chi connectivity index (χ1v) is 17.5. The minimum atomic E-state index is -0.164. The number of unbranched alkanes of at least 4 members (excludes halogenated alkanes) is 4. The van der Waals surface area contributed by atoms with Crippen molar-refractivity contribution in [3.05, 3.63) is 59.7 Å². The topological polar surface area (TPSA) is 46.2 Å². The molecule has 0 saturated carbocycles. The maximum Gasteiger partial charge on any atom is 0.127 e. The van der Waals surface area contributed by atoms with Crippen LogP contribution in [0.15, 0.2) is 48.5 Å². The van der Waals surface area contributed by atoms with E-state index in [0.717, 1.165) is 82.5 Å². The van der Waals surface area contributed by atoms with Gasteiger partial charge in [0.1, 0.15) is 29.8 Å². The van der Waals surface area contributed by atoms with Crippen LogP contribution < -0.4 is 4.74 Å². The van der Waals surface area contributed by atoms with E-state index in [-0.39, 0.29) is 28.8 Å². The van der Waals surface area contributed by atoms with Crippen molar-refractivity contribution in [1.82, 2.24) is 0 Å². The van der Waals surface area contributed by atoms with Crippen LogP contribution in [0.4, 0.5) is 0 Å². The van der Waals surface area contributed by atoms with Gasteiger partial charge in [-0.05, 0) is 67.5 Å². The van der Waals surface area contributed by atoms with Crippen molar-refractivity contribution >= 4 is 11.8 Å². The zero-order valence-corrected chi connectivity index (χ0v) is 27.7. The number of ether oxygens (including phenoxy) is 5. The molecule has 2 aromatic carbocycles. The molecule has 1 aliphatic heterocycles. The normalized spacial score (nSPS) is 22.4. The Kier molecular flexibility index (Phi) is 17.0. The maximum absolute atomic E-state index is 6.74. The number of hydrogen-bond acceptors (Lipinski definition) is 6. The standard InChI is InChI=1S/C36H56O5S/c1-6-11-22-37-27-32-33(38-23-12-7-2)34(39-24-13-8-3)35(40-25-14-9-4)36(42-32)29-16-15-17-31(26-29)41-30-20-18-28(10-5)19-21-30/h15-21,26,32-36H,6-14,22-25,27H2,1-5H3/t32-,33-,34+,35-,36+/m1/s1. The molecule has 0 amide bonds. The van der Waals surface area contributed by atoms with Crippen LogP contribution in [0.2, 0.25) is 0 Å². The summed E-state index contributed by atoms with van der Waals surface area (Å²) in [6.45, 7) is 14.6.